The van der Waals surface area contributed by atoms with E-state index in [1.54, 1.807) is 0 Å². The van der Waals surface area contributed by atoms with Crippen molar-refractivity contribution in [2.24, 2.45) is 0 Å². The molecule has 5 rings (SSSR count). The van der Waals surface area contributed by atoms with Crippen LogP contribution in [0.25, 0.3) is 0 Å². The molecule has 4 aromatic rings. The fourth-order valence-corrected chi connectivity index (χ4v) is 8.79. The number of rotatable bonds is 4. The maximum Gasteiger partial charge on any atom is 0.342 e. The van der Waals surface area contributed by atoms with Gasteiger partial charge < -0.3 is 21.7 Å². The Kier molecular flexibility index (Phi) is 5.85. The molecule has 0 fully saturated rings. The summed E-state index contributed by atoms with van der Waals surface area (Å²) in [6.45, 7) is 0. The van der Waals surface area contributed by atoms with Crippen LogP contribution in [0.2, 0.25) is 0 Å². The van der Waals surface area contributed by atoms with Crippen LogP contribution in [0.5, 0.6) is 0 Å². The maximum atomic E-state index is 12.8. The number of carbonyl (C=O) groups excluding carboxylic acids is 1. The van der Waals surface area contributed by atoms with Crippen molar-refractivity contribution in [3.05, 3.63) is 126 Å². The summed E-state index contributed by atoms with van der Waals surface area (Å²) in [7, 11) is -2.31. The third-order valence-electron chi connectivity index (χ3n) is 5.51. The highest BCUT2D eigenvalue weighted by molar-refractivity contribution is 7.95. The second-order valence-corrected chi connectivity index (χ2v) is 10.5. The zero-order chi connectivity index (χ0) is 19.7. The van der Waals surface area contributed by atoms with E-state index in [1.165, 1.54) is 15.9 Å². The van der Waals surface area contributed by atoms with E-state index in [0.717, 1.165) is 5.56 Å². The molecule has 0 saturated heterocycles. The number of hydrogen-bond acceptors (Lipinski definition) is 2. The molecule has 148 valence electrons. The van der Waals surface area contributed by atoms with Crippen LogP contribution in [0.15, 0.2) is 115 Å². The van der Waals surface area contributed by atoms with Crippen LogP contribution < -0.4 is 32.9 Å². The molecular formula is C26H20BrO2P. The molecule has 0 aliphatic carbocycles. The molecule has 1 unspecified atom stereocenters. The standard InChI is InChI=1S/C26H20O2P.BrH/c27-25-23-18-10-11-19-24(23)26(28-25)29(20-12-4-1-5-13-20,21-14-6-2-7-15-21)22-16-8-3-9-17-22;/h1-19,26H;1H/q+1;/p-1. The van der Waals surface area contributed by atoms with Crippen LogP contribution in [0, 0.1) is 0 Å². The molecule has 0 radical (unpaired) electrons. The first-order valence-corrected chi connectivity index (χ1v) is 11.5. The minimum atomic E-state index is -2.31. The summed E-state index contributed by atoms with van der Waals surface area (Å²) in [5, 5.41) is 3.60. The number of esters is 1. The predicted molar refractivity (Wildman–Crippen MR) is 120 cm³/mol. The van der Waals surface area contributed by atoms with Crippen molar-refractivity contribution in [3.63, 3.8) is 0 Å². The Balaban J connectivity index is 0.00000218. The third-order valence-corrected chi connectivity index (χ3v) is 9.93. The first kappa shape index (κ1) is 20.5. The van der Waals surface area contributed by atoms with Gasteiger partial charge in [-0.25, -0.2) is 4.79 Å². The minimum Gasteiger partial charge on any atom is -1.00 e. The van der Waals surface area contributed by atoms with Gasteiger partial charge in [0, 0.05) is 5.56 Å². The minimum absolute atomic E-state index is 0. The summed E-state index contributed by atoms with van der Waals surface area (Å²) >= 11 is 0. The molecule has 0 bridgehead atoms. The van der Waals surface area contributed by atoms with Gasteiger partial charge in [0.05, 0.1) is 5.56 Å². The van der Waals surface area contributed by atoms with Gasteiger partial charge in [-0.1, -0.05) is 72.8 Å². The summed E-state index contributed by atoms with van der Waals surface area (Å²) < 4.78 is 6.17. The molecule has 0 amide bonds. The molecule has 0 spiro atoms. The van der Waals surface area contributed by atoms with Crippen LogP contribution in [-0.2, 0) is 4.74 Å². The quantitative estimate of drug-likeness (QED) is 0.333. The topological polar surface area (TPSA) is 26.3 Å². The molecule has 1 aliphatic rings. The summed E-state index contributed by atoms with van der Waals surface area (Å²) in [6.07, 6.45) is 0. The molecule has 4 aromatic carbocycles. The van der Waals surface area contributed by atoms with Gasteiger partial charge in [-0.3, -0.25) is 0 Å². The molecule has 1 atom stereocenters. The fraction of sp³-hybridized carbons (Fsp3) is 0.0385. The van der Waals surface area contributed by atoms with E-state index in [-0.39, 0.29) is 28.8 Å². The Morgan fingerprint density at radius 2 is 0.967 bits per heavy atom. The summed E-state index contributed by atoms with van der Waals surface area (Å²) in [5.41, 5.74) is 1.65. The van der Waals surface area contributed by atoms with Gasteiger partial charge in [-0.15, -0.1) is 0 Å². The zero-order valence-corrected chi connectivity index (χ0v) is 18.7. The molecule has 1 aliphatic heterocycles. The van der Waals surface area contributed by atoms with Crippen molar-refractivity contribution in [1.82, 2.24) is 0 Å². The number of cyclic esters (lactones) is 1. The molecule has 0 aromatic heterocycles. The van der Waals surface area contributed by atoms with Gasteiger partial charge in [-0.2, -0.15) is 0 Å². The number of hydrogen-bond donors (Lipinski definition) is 0. The Morgan fingerprint density at radius 1 is 0.567 bits per heavy atom. The molecule has 30 heavy (non-hydrogen) atoms. The number of fused-ring (bicyclic) bond motifs is 1. The molecule has 0 saturated carbocycles. The van der Waals surface area contributed by atoms with Crippen molar-refractivity contribution >= 4 is 29.1 Å². The highest BCUT2D eigenvalue weighted by atomic mass is 79.9. The SMILES string of the molecule is O=C1OC([P+](c2ccccc2)(c2ccccc2)c2ccccc2)c2ccccc21.[Br-]. The lowest BCUT2D eigenvalue weighted by molar-refractivity contribution is -0.0000230. The van der Waals surface area contributed by atoms with E-state index in [4.69, 9.17) is 4.74 Å². The number of carbonyl (C=O) groups is 1. The lowest BCUT2D eigenvalue weighted by Gasteiger charge is -2.31. The second kappa shape index (κ2) is 8.55. The van der Waals surface area contributed by atoms with Gasteiger partial charge in [0.2, 0.25) is 5.85 Å². The zero-order valence-electron chi connectivity index (χ0n) is 16.2. The molecule has 2 nitrogen and oxygen atoms in total. The average molecular weight is 475 g/mol. The molecule has 4 heteroatoms. The number of benzene rings is 4. The second-order valence-electron chi connectivity index (χ2n) is 7.07. The Labute approximate surface area is 187 Å². The van der Waals surface area contributed by atoms with Gasteiger partial charge in [0.15, 0.2) is 7.26 Å². The van der Waals surface area contributed by atoms with Crippen LogP contribution in [-0.4, -0.2) is 5.97 Å². The third kappa shape index (κ3) is 3.19. The van der Waals surface area contributed by atoms with E-state index >= 15 is 0 Å². The van der Waals surface area contributed by atoms with E-state index in [9.17, 15) is 4.79 Å². The fourth-order valence-electron chi connectivity index (χ4n) is 4.26. The lowest BCUT2D eigenvalue weighted by Crippen LogP contribution is -3.00. The molecule has 1 heterocycles. The van der Waals surface area contributed by atoms with E-state index in [2.05, 4.69) is 72.8 Å². The predicted octanol–water partition coefficient (Wildman–Crippen LogP) is 1.85. The Hall–Kier alpha value is -2.74. The molecular weight excluding hydrogens is 455 g/mol. The van der Waals surface area contributed by atoms with Crippen molar-refractivity contribution < 1.29 is 26.5 Å². The van der Waals surface area contributed by atoms with Crippen molar-refractivity contribution in [2.45, 2.75) is 5.85 Å². The van der Waals surface area contributed by atoms with Gasteiger partial charge in [0.1, 0.15) is 15.9 Å². The van der Waals surface area contributed by atoms with Gasteiger partial charge in [-0.05, 0) is 42.5 Å². The first-order valence-electron chi connectivity index (χ1n) is 9.67. The Bertz CT molecular complexity index is 1050. The van der Waals surface area contributed by atoms with Crippen LogP contribution in [0.1, 0.15) is 21.8 Å². The lowest BCUT2D eigenvalue weighted by atomic mass is 10.1. The van der Waals surface area contributed by atoms with Crippen molar-refractivity contribution in [3.8, 4) is 0 Å². The largest absolute Gasteiger partial charge is 1.00 e. The maximum absolute atomic E-state index is 12.8. The van der Waals surface area contributed by atoms with Crippen LogP contribution >= 0.6 is 7.26 Å². The number of ether oxygens (including phenoxy) is 1. The Morgan fingerprint density at radius 3 is 1.43 bits per heavy atom. The average Bonchev–Trinajstić information content (AvgIpc) is 3.14. The smallest absolute Gasteiger partial charge is 0.342 e. The van der Waals surface area contributed by atoms with Crippen molar-refractivity contribution in [1.29, 1.82) is 0 Å². The normalized spacial score (nSPS) is 15.1. The highest BCUT2D eigenvalue weighted by Gasteiger charge is 2.58. The summed E-state index contributed by atoms with van der Waals surface area (Å²) in [5.74, 6) is -0.587. The van der Waals surface area contributed by atoms with E-state index < -0.39 is 7.26 Å². The van der Waals surface area contributed by atoms with E-state index in [0.29, 0.717) is 5.56 Å². The first-order chi connectivity index (χ1) is 14.3. The summed E-state index contributed by atoms with van der Waals surface area (Å²) in [4.78, 5) is 12.8. The van der Waals surface area contributed by atoms with Gasteiger partial charge >= 0.3 is 5.97 Å². The summed E-state index contributed by atoms with van der Waals surface area (Å²) in [6, 6.07) is 39.3. The highest BCUT2D eigenvalue weighted by Crippen LogP contribution is 2.68. The van der Waals surface area contributed by atoms with Crippen molar-refractivity contribution in [2.75, 3.05) is 0 Å². The van der Waals surface area contributed by atoms with Gasteiger partial charge in [0.25, 0.3) is 0 Å². The molecule has 0 N–H and O–H groups in total. The van der Waals surface area contributed by atoms with E-state index in [1.807, 2.05) is 42.5 Å². The monoisotopic (exact) mass is 474 g/mol. The van der Waals surface area contributed by atoms with Crippen LogP contribution in [0.4, 0.5) is 0 Å². The van der Waals surface area contributed by atoms with Crippen LogP contribution in [0.3, 0.4) is 0 Å². The number of halogens is 1.